The summed E-state index contributed by atoms with van der Waals surface area (Å²) < 4.78 is 19.6. The molecule has 1 fully saturated rings. The number of aromatic carboxylic acids is 1. The summed E-state index contributed by atoms with van der Waals surface area (Å²) in [7, 11) is 0. The van der Waals surface area contributed by atoms with Crippen LogP contribution in [0.2, 0.25) is 0 Å². The SMILES string of the molecule is O=C(O)c1cn(-c2ncns2)c2nc(N3CC(=NO)C3)c(F)cc2c1=O. The van der Waals surface area contributed by atoms with E-state index in [1.807, 2.05) is 0 Å². The minimum Gasteiger partial charge on any atom is -0.477 e. The molecule has 1 aliphatic heterocycles. The maximum atomic E-state index is 14.5. The maximum absolute atomic E-state index is 14.5. The Morgan fingerprint density at radius 3 is 2.77 bits per heavy atom. The topological polar surface area (TPSA) is 134 Å². The standard InChI is InChI=1S/C14H9FN6O4S/c15-9-1-7-10(22)8(13(23)24)4-21(14-16-5-17-26-14)11(7)18-12(9)20-2-6(3-20)19-25/h1,4-5,25H,2-3H2,(H,23,24). The van der Waals surface area contributed by atoms with Crippen LogP contribution in [0.15, 0.2) is 28.5 Å². The Balaban J connectivity index is 1.99. The average Bonchev–Trinajstić information content (AvgIpc) is 3.09. The highest BCUT2D eigenvalue weighted by molar-refractivity contribution is 7.08. The van der Waals surface area contributed by atoms with Gasteiger partial charge in [-0.05, 0) is 6.07 Å². The molecule has 0 aromatic carbocycles. The Bertz CT molecular complexity index is 1120. The number of carboxylic acid groups (broad SMARTS) is 1. The van der Waals surface area contributed by atoms with Gasteiger partial charge in [-0.1, -0.05) is 5.16 Å². The molecule has 4 heterocycles. The summed E-state index contributed by atoms with van der Waals surface area (Å²) in [6.07, 6.45) is 2.37. The monoisotopic (exact) mass is 376 g/mol. The molecule has 3 aromatic heterocycles. The van der Waals surface area contributed by atoms with Gasteiger partial charge in [-0.25, -0.2) is 19.2 Å². The predicted octanol–water partition coefficient (Wildman–Crippen LogP) is 0.725. The molecule has 4 rings (SSSR count). The second-order valence-corrected chi connectivity index (χ2v) is 6.22. The summed E-state index contributed by atoms with van der Waals surface area (Å²) in [4.78, 5) is 33.5. The van der Waals surface area contributed by atoms with E-state index in [0.29, 0.717) is 5.71 Å². The third-order valence-corrected chi connectivity index (χ3v) is 4.55. The number of pyridine rings is 2. The van der Waals surface area contributed by atoms with Crippen molar-refractivity contribution in [1.29, 1.82) is 0 Å². The molecule has 0 aliphatic carbocycles. The van der Waals surface area contributed by atoms with Gasteiger partial charge in [0, 0.05) is 17.7 Å². The van der Waals surface area contributed by atoms with Gasteiger partial charge < -0.3 is 15.2 Å². The lowest BCUT2D eigenvalue weighted by Gasteiger charge is -2.32. The Labute approximate surface area is 147 Å². The number of anilines is 1. The lowest BCUT2D eigenvalue weighted by atomic mass is 10.1. The van der Waals surface area contributed by atoms with Gasteiger partial charge in [-0.3, -0.25) is 9.36 Å². The van der Waals surface area contributed by atoms with E-state index in [2.05, 4.69) is 19.5 Å². The van der Waals surface area contributed by atoms with Crippen LogP contribution in [-0.2, 0) is 0 Å². The molecule has 26 heavy (non-hydrogen) atoms. The fourth-order valence-electron chi connectivity index (χ4n) is 2.62. The molecular weight excluding hydrogens is 367 g/mol. The van der Waals surface area contributed by atoms with Gasteiger partial charge in [0.2, 0.25) is 10.6 Å². The van der Waals surface area contributed by atoms with Crippen LogP contribution in [0.5, 0.6) is 0 Å². The summed E-state index contributed by atoms with van der Waals surface area (Å²) in [5.41, 5.74) is -0.843. The normalized spacial score (nSPS) is 13.7. The highest BCUT2D eigenvalue weighted by Gasteiger charge is 2.28. The number of hydrogen-bond donors (Lipinski definition) is 2. The first-order valence-corrected chi connectivity index (χ1v) is 7.98. The summed E-state index contributed by atoms with van der Waals surface area (Å²) >= 11 is 0.967. The van der Waals surface area contributed by atoms with Crippen LogP contribution in [0.3, 0.4) is 0 Å². The van der Waals surface area contributed by atoms with Crippen molar-refractivity contribution in [2.45, 2.75) is 0 Å². The van der Waals surface area contributed by atoms with Crippen molar-refractivity contribution in [3.05, 3.63) is 40.2 Å². The fraction of sp³-hybridized carbons (Fsp3) is 0.143. The van der Waals surface area contributed by atoms with E-state index in [4.69, 9.17) is 5.21 Å². The number of hydrogen-bond acceptors (Lipinski definition) is 9. The lowest BCUT2D eigenvalue weighted by Crippen LogP contribution is -2.48. The van der Waals surface area contributed by atoms with E-state index >= 15 is 0 Å². The molecule has 0 atom stereocenters. The van der Waals surface area contributed by atoms with Crippen LogP contribution in [0, 0.1) is 5.82 Å². The number of fused-ring (bicyclic) bond motifs is 1. The Kier molecular flexibility index (Phi) is 3.61. The molecule has 0 amide bonds. The number of nitrogens with zero attached hydrogens (tertiary/aromatic N) is 6. The molecule has 0 radical (unpaired) electrons. The van der Waals surface area contributed by atoms with E-state index < -0.39 is 22.8 Å². The molecule has 2 N–H and O–H groups in total. The van der Waals surface area contributed by atoms with Gasteiger partial charge in [0.1, 0.15) is 11.9 Å². The Morgan fingerprint density at radius 2 is 2.15 bits per heavy atom. The van der Waals surface area contributed by atoms with Gasteiger partial charge in [0.15, 0.2) is 17.3 Å². The summed E-state index contributed by atoms with van der Waals surface area (Å²) in [5, 5.41) is 21.1. The number of aromatic nitrogens is 4. The molecule has 0 spiro atoms. The number of halogens is 1. The molecular formula is C14H9FN6O4S. The molecule has 10 nitrogen and oxygen atoms in total. The minimum atomic E-state index is -1.44. The van der Waals surface area contributed by atoms with Crippen molar-refractivity contribution in [2.75, 3.05) is 18.0 Å². The smallest absolute Gasteiger partial charge is 0.341 e. The number of rotatable bonds is 3. The van der Waals surface area contributed by atoms with Crippen molar-refractivity contribution in [2.24, 2.45) is 5.16 Å². The fourth-order valence-corrected chi connectivity index (χ4v) is 3.13. The first-order chi connectivity index (χ1) is 12.5. The van der Waals surface area contributed by atoms with Crippen molar-refractivity contribution < 1.29 is 19.5 Å². The average molecular weight is 376 g/mol. The molecule has 12 heteroatoms. The van der Waals surface area contributed by atoms with E-state index in [0.717, 1.165) is 23.8 Å². The molecule has 0 bridgehead atoms. The molecule has 1 aliphatic rings. The van der Waals surface area contributed by atoms with Crippen LogP contribution in [0.4, 0.5) is 10.2 Å². The molecule has 3 aromatic rings. The van der Waals surface area contributed by atoms with Crippen LogP contribution in [0.25, 0.3) is 16.2 Å². The predicted molar refractivity (Wildman–Crippen MR) is 89.2 cm³/mol. The third-order valence-electron chi connectivity index (χ3n) is 3.89. The quantitative estimate of drug-likeness (QED) is 0.505. The van der Waals surface area contributed by atoms with E-state index in [-0.39, 0.29) is 35.1 Å². The zero-order valence-corrected chi connectivity index (χ0v) is 13.6. The van der Waals surface area contributed by atoms with Crippen molar-refractivity contribution in [1.82, 2.24) is 18.9 Å². The lowest BCUT2D eigenvalue weighted by molar-refractivity contribution is 0.0695. The van der Waals surface area contributed by atoms with Gasteiger partial charge in [0.25, 0.3) is 0 Å². The largest absolute Gasteiger partial charge is 0.477 e. The highest BCUT2D eigenvalue weighted by Crippen LogP contribution is 2.25. The van der Waals surface area contributed by atoms with Gasteiger partial charge in [-0.15, -0.1) is 0 Å². The molecule has 0 unspecified atom stereocenters. The number of carboxylic acids is 1. The van der Waals surface area contributed by atoms with Crippen molar-refractivity contribution in [3.63, 3.8) is 0 Å². The first kappa shape index (κ1) is 16.1. The highest BCUT2D eigenvalue weighted by atomic mass is 32.1. The third kappa shape index (κ3) is 2.38. The van der Waals surface area contributed by atoms with E-state index in [1.54, 1.807) is 0 Å². The Morgan fingerprint density at radius 1 is 1.38 bits per heavy atom. The van der Waals surface area contributed by atoms with Gasteiger partial charge in [-0.2, -0.15) is 4.37 Å². The maximum Gasteiger partial charge on any atom is 0.341 e. The summed E-state index contributed by atoms with van der Waals surface area (Å²) in [5.74, 6) is -2.25. The van der Waals surface area contributed by atoms with Crippen molar-refractivity contribution in [3.8, 4) is 5.13 Å². The molecule has 132 valence electrons. The van der Waals surface area contributed by atoms with Gasteiger partial charge in [0.05, 0.1) is 24.2 Å². The van der Waals surface area contributed by atoms with Crippen LogP contribution < -0.4 is 10.3 Å². The van der Waals surface area contributed by atoms with Crippen molar-refractivity contribution >= 4 is 40.1 Å². The van der Waals surface area contributed by atoms with E-state index in [9.17, 15) is 19.1 Å². The zero-order chi connectivity index (χ0) is 18.4. The van der Waals surface area contributed by atoms with Crippen LogP contribution in [0.1, 0.15) is 10.4 Å². The van der Waals surface area contributed by atoms with Crippen LogP contribution >= 0.6 is 11.5 Å². The Hall–Kier alpha value is -3.41. The second kappa shape index (κ2) is 5.84. The van der Waals surface area contributed by atoms with Gasteiger partial charge >= 0.3 is 5.97 Å². The second-order valence-electron chi connectivity index (χ2n) is 5.46. The minimum absolute atomic E-state index is 0.0364. The zero-order valence-electron chi connectivity index (χ0n) is 12.8. The first-order valence-electron chi connectivity index (χ1n) is 7.20. The van der Waals surface area contributed by atoms with Crippen LogP contribution in [-0.4, -0.2) is 54.0 Å². The van der Waals surface area contributed by atoms with E-state index in [1.165, 1.54) is 15.8 Å². The molecule has 0 saturated carbocycles. The number of oxime groups is 1. The number of carbonyl (C=O) groups is 1. The summed E-state index contributed by atoms with van der Waals surface area (Å²) in [6.45, 7) is 0.393. The summed E-state index contributed by atoms with van der Waals surface area (Å²) in [6, 6.07) is 0.956. The molecule has 1 saturated heterocycles.